The molecule has 2 amide bonds. The average Bonchev–Trinajstić information content (AvgIpc) is 2.92. The van der Waals surface area contributed by atoms with Crippen LogP contribution in [-0.2, 0) is 9.59 Å². The van der Waals surface area contributed by atoms with Crippen LogP contribution in [0, 0.1) is 5.82 Å². The quantitative estimate of drug-likeness (QED) is 0.785. The van der Waals surface area contributed by atoms with Gasteiger partial charge in [-0.15, -0.1) is 0 Å². The standard InChI is InChI=1S/C24H26FN3O3/c1-31-20-8-6-7-19(15-20)26-21(29)16-28-23(30)22(17-9-11-18(25)12-10-17)27-24(28)13-4-2-3-5-14-24/h6-12,15H,2-5,13-14,16H2,1H3,(H,26,29). The highest BCUT2D eigenvalue weighted by Gasteiger charge is 2.47. The van der Waals surface area contributed by atoms with Crippen molar-refractivity contribution in [1.29, 1.82) is 0 Å². The second kappa shape index (κ2) is 8.88. The van der Waals surface area contributed by atoms with Gasteiger partial charge in [0.2, 0.25) is 5.91 Å². The lowest BCUT2D eigenvalue weighted by Gasteiger charge is -2.35. The van der Waals surface area contributed by atoms with Crippen molar-refractivity contribution in [3.63, 3.8) is 0 Å². The Morgan fingerprint density at radius 1 is 1.13 bits per heavy atom. The molecule has 1 saturated carbocycles. The summed E-state index contributed by atoms with van der Waals surface area (Å²) < 4.78 is 18.6. The van der Waals surface area contributed by atoms with E-state index in [0.717, 1.165) is 38.5 Å². The summed E-state index contributed by atoms with van der Waals surface area (Å²) in [4.78, 5) is 32.7. The van der Waals surface area contributed by atoms with Crippen molar-refractivity contribution >= 4 is 23.2 Å². The average molecular weight is 423 g/mol. The monoisotopic (exact) mass is 423 g/mol. The maximum atomic E-state index is 13.4. The lowest BCUT2D eigenvalue weighted by Crippen LogP contribution is -2.50. The number of rotatable bonds is 5. The molecule has 0 saturated heterocycles. The molecule has 0 aromatic heterocycles. The molecule has 2 aromatic rings. The van der Waals surface area contributed by atoms with Crippen LogP contribution in [0.15, 0.2) is 53.5 Å². The van der Waals surface area contributed by atoms with Crippen LogP contribution in [-0.4, -0.2) is 41.7 Å². The summed E-state index contributed by atoms with van der Waals surface area (Å²) in [6.07, 6.45) is 5.50. The molecule has 1 spiro atoms. The molecule has 1 aliphatic carbocycles. The summed E-state index contributed by atoms with van der Waals surface area (Å²) in [5.41, 5.74) is 0.760. The van der Waals surface area contributed by atoms with Crippen molar-refractivity contribution in [3.8, 4) is 5.75 Å². The fourth-order valence-electron chi connectivity index (χ4n) is 4.37. The highest BCUT2D eigenvalue weighted by atomic mass is 19.1. The minimum absolute atomic E-state index is 0.0930. The van der Waals surface area contributed by atoms with Gasteiger partial charge < -0.3 is 15.0 Å². The van der Waals surface area contributed by atoms with Gasteiger partial charge in [0.25, 0.3) is 5.91 Å². The first-order valence-electron chi connectivity index (χ1n) is 10.6. The largest absolute Gasteiger partial charge is 0.497 e. The Morgan fingerprint density at radius 3 is 2.52 bits per heavy atom. The summed E-state index contributed by atoms with van der Waals surface area (Å²) in [7, 11) is 1.56. The van der Waals surface area contributed by atoms with Crippen LogP contribution in [0.1, 0.15) is 44.1 Å². The van der Waals surface area contributed by atoms with E-state index in [0.29, 0.717) is 22.7 Å². The molecule has 2 aliphatic rings. The van der Waals surface area contributed by atoms with Crippen LogP contribution in [0.4, 0.5) is 10.1 Å². The van der Waals surface area contributed by atoms with E-state index in [-0.39, 0.29) is 24.2 Å². The molecule has 1 N–H and O–H groups in total. The third-order valence-corrected chi connectivity index (χ3v) is 5.95. The number of benzene rings is 2. The van der Waals surface area contributed by atoms with E-state index in [1.54, 1.807) is 48.4 Å². The number of methoxy groups -OCH3 is 1. The number of carbonyl (C=O) groups is 2. The number of hydrogen-bond acceptors (Lipinski definition) is 4. The van der Waals surface area contributed by atoms with Crippen LogP contribution in [0.25, 0.3) is 0 Å². The fraction of sp³-hybridized carbons (Fsp3) is 0.375. The van der Waals surface area contributed by atoms with E-state index in [9.17, 15) is 14.0 Å². The fourth-order valence-corrected chi connectivity index (χ4v) is 4.37. The Labute approximate surface area is 181 Å². The van der Waals surface area contributed by atoms with E-state index in [2.05, 4.69) is 5.32 Å². The number of amides is 2. The highest BCUT2D eigenvalue weighted by Crippen LogP contribution is 2.38. The first-order chi connectivity index (χ1) is 15.0. The second-order valence-electron chi connectivity index (χ2n) is 8.04. The van der Waals surface area contributed by atoms with Crippen LogP contribution in [0.5, 0.6) is 5.75 Å². The van der Waals surface area contributed by atoms with Gasteiger partial charge in [-0.3, -0.25) is 14.6 Å². The van der Waals surface area contributed by atoms with E-state index in [4.69, 9.17) is 9.73 Å². The van der Waals surface area contributed by atoms with Crippen LogP contribution >= 0.6 is 0 Å². The maximum absolute atomic E-state index is 13.4. The van der Waals surface area contributed by atoms with Crippen molar-refractivity contribution in [1.82, 2.24) is 4.90 Å². The lowest BCUT2D eigenvalue weighted by molar-refractivity contribution is -0.133. The SMILES string of the molecule is COc1cccc(NC(=O)CN2C(=O)C(c3ccc(F)cc3)=NC23CCCCCC3)c1. The molecule has 31 heavy (non-hydrogen) atoms. The maximum Gasteiger partial charge on any atom is 0.275 e. The number of ether oxygens (including phenoxy) is 1. The van der Waals surface area contributed by atoms with E-state index in [1.807, 2.05) is 0 Å². The molecule has 1 heterocycles. The summed E-state index contributed by atoms with van der Waals surface area (Å²) in [5, 5.41) is 2.85. The first-order valence-corrected chi connectivity index (χ1v) is 10.6. The second-order valence-corrected chi connectivity index (χ2v) is 8.04. The number of aliphatic imine (C=N–C) groups is 1. The molecule has 1 fully saturated rings. The third-order valence-electron chi connectivity index (χ3n) is 5.95. The minimum Gasteiger partial charge on any atom is -0.497 e. The Kier molecular flexibility index (Phi) is 6.02. The lowest BCUT2D eigenvalue weighted by atomic mass is 10.00. The predicted molar refractivity (Wildman–Crippen MR) is 117 cm³/mol. The zero-order chi connectivity index (χ0) is 21.8. The van der Waals surface area contributed by atoms with Crippen LogP contribution < -0.4 is 10.1 Å². The van der Waals surface area contributed by atoms with E-state index in [1.165, 1.54) is 12.1 Å². The number of carbonyl (C=O) groups excluding carboxylic acids is 2. The Morgan fingerprint density at radius 2 is 1.84 bits per heavy atom. The molecular formula is C24H26FN3O3. The van der Waals surface area contributed by atoms with Crippen molar-refractivity contribution < 1.29 is 18.7 Å². The van der Waals surface area contributed by atoms with Crippen molar-refractivity contribution in [2.24, 2.45) is 4.99 Å². The van der Waals surface area contributed by atoms with Gasteiger partial charge in [0.05, 0.1) is 7.11 Å². The molecular weight excluding hydrogens is 397 g/mol. The Balaban J connectivity index is 1.59. The van der Waals surface area contributed by atoms with Gasteiger partial charge in [0.1, 0.15) is 29.5 Å². The van der Waals surface area contributed by atoms with Crippen LogP contribution in [0.3, 0.4) is 0 Å². The number of halogens is 1. The molecule has 162 valence electrons. The summed E-state index contributed by atoms with van der Waals surface area (Å²) >= 11 is 0. The first kappa shape index (κ1) is 21.0. The van der Waals surface area contributed by atoms with Crippen molar-refractivity contribution in [2.75, 3.05) is 19.0 Å². The normalized spacial score (nSPS) is 17.9. The van der Waals surface area contributed by atoms with Gasteiger partial charge in [-0.1, -0.05) is 18.9 Å². The Hall–Kier alpha value is -3.22. The zero-order valence-electron chi connectivity index (χ0n) is 17.6. The molecule has 0 atom stereocenters. The molecule has 2 aromatic carbocycles. The zero-order valence-corrected chi connectivity index (χ0v) is 17.6. The smallest absolute Gasteiger partial charge is 0.275 e. The van der Waals surface area contributed by atoms with Crippen molar-refractivity contribution in [2.45, 2.75) is 44.2 Å². The van der Waals surface area contributed by atoms with Gasteiger partial charge >= 0.3 is 0 Å². The molecule has 7 heteroatoms. The number of anilines is 1. The summed E-state index contributed by atoms with van der Waals surface area (Å²) in [6, 6.07) is 12.9. The molecule has 0 bridgehead atoms. The highest BCUT2D eigenvalue weighted by molar-refractivity contribution is 6.47. The van der Waals surface area contributed by atoms with Gasteiger partial charge in [0.15, 0.2) is 0 Å². The van der Waals surface area contributed by atoms with Gasteiger partial charge in [-0.05, 0) is 62.1 Å². The molecule has 0 unspecified atom stereocenters. The van der Waals surface area contributed by atoms with Gasteiger partial charge in [-0.25, -0.2) is 4.39 Å². The topological polar surface area (TPSA) is 71.0 Å². The number of nitrogens with one attached hydrogen (secondary N) is 1. The molecule has 1 aliphatic heterocycles. The molecule has 6 nitrogen and oxygen atoms in total. The summed E-state index contributed by atoms with van der Waals surface area (Å²) in [5.74, 6) is -0.305. The third kappa shape index (κ3) is 4.45. The Bertz CT molecular complexity index is 995. The van der Waals surface area contributed by atoms with Gasteiger partial charge in [-0.2, -0.15) is 0 Å². The summed E-state index contributed by atoms with van der Waals surface area (Å²) in [6.45, 7) is -0.0930. The molecule has 0 radical (unpaired) electrons. The van der Waals surface area contributed by atoms with E-state index >= 15 is 0 Å². The van der Waals surface area contributed by atoms with Gasteiger partial charge in [0, 0.05) is 17.3 Å². The predicted octanol–water partition coefficient (Wildman–Crippen LogP) is 4.15. The van der Waals surface area contributed by atoms with E-state index < -0.39 is 5.66 Å². The molecule has 4 rings (SSSR count). The number of nitrogens with zero attached hydrogens (tertiary/aromatic N) is 2. The minimum atomic E-state index is -0.719. The van der Waals surface area contributed by atoms with Crippen LogP contribution in [0.2, 0.25) is 0 Å². The number of hydrogen-bond donors (Lipinski definition) is 1. The van der Waals surface area contributed by atoms with Crippen molar-refractivity contribution in [3.05, 3.63) is 59.9 Å².